The summed E-state index contributed by atoms with van der Waals surface area (Å²) in [4.78, 5) is 52.8. The van der Waals surface area contributed by atoms with E-state index in [1.165, 1.54) is 24.1 Å². The van der Waals surface area contributed by atoms with E-state index in [1.54, 1.807) is 26.0 Å². The van der Waals surface area contributed by atoms with Crippen LogP contribution in [0.2, 0.25) is 0 Å². The Hall–Kier alpha value is -2.56. The van der Waals surface area contributed by atoms with Crippen LogP contribution >= 0.6 is 0 Å². The fourth-order valence-electron chi connectivity index (χ4n) is 3.63. The summed E-state index contributed by atoms with van der Waals surface area (Å²) < 4.78 is 0. The average Bonchev–Trinajstić information content (AvgIpc) is 2.94. The van der Waals surface area contributed by atoms with Crippen molar-refractivity contribution in [2.75, 3.05) is 7.05 Å². The number of Topliss-reactive ketones (excluding diaryl/α,β-unsaturated/α-hetero) is 3. The summed E-state index contributed by atoms with van der Waals surface area (Å²) in [6.07, 6.45) is 0.542. The summed E-state index contributed by atoms with van der Waals surface area (Å²) in [5.41, 5.74) is -1.02. The second kappa shape index (κ2) is 4.98. The lowest BCUT2D eigenvalue weighted by Gasteiger charge is -2.21. The van der Waals surface area contributed by atoms with E-state index in [0.29, 0.717) is 12.1 Å². The van der Waals surface area contributed by atoms with Gasteiger partial charge in [-0.2, -0.15) is 0 Å². The van der Waals surface area contributed by atoms with Gasteiger partial charge in [0.1, 0.15) is 0 Å². The minimum atomic E-state index is -2.00. The SMILES string of the molecule is CCC(=O)C1=C(CC)N(C)C(=O)C12C(=O)c1ccccc1C2=O. The Morgan fingerprint density at radius 1 is 1.04 bits per heavy atom. The Morgan fingerprint density at radius 3 is 2.00 bits per heavy atom. The maximum Gasteiger partial charge on any atom is 0.253 e. The van der Waals surface area contributed by atoms with Crippen molar-refractivity contribution >= 4 is 23.3 Å². The molecule has 3 rings (SSSR count). The molecule has 5 heteroatoms. The molecular weight excluding hydrogens is 294 g/mol. The fourth-order valence-corrected chi connectivity index (χ4v) is 3.63. The quantitative estimate of drug-likeness (QED) is 0.802. The molecule has 23 heavy (non-hydrogen) atoms. The zero-order valence-electron chi connectivity index (χ0n) is 13.3. The number of benzene rings is 1. The van der Waals surface area contributed by atoms with E-state index in [4.69, 9.17) is 0 Å². The number of amides is 1. The third-order valence-electron chi connectivity index (χ3n) is 4.73. The molecule has 0 N–H and O–H groups in total. The number of carbonyl (C=O) groups is 4. The minimum absolute atomic E-state index is 0.0706. The van der Waals surface area contributed by atoms with Gasteiger partial charge >= 0.3 is 0 Å². The lowest BCUT2D eigenvalue weighted by atomic mass is 9.74. The van der Waals surface area contributed by atoms with E-state index in [2.05, 4.69) is 0 Å². The van der Waals surface area contributed by atoms with Crippen molar-refractivity contribution in [3.8, 4) is 0 Å². The van der Waals surface area contributed by atoms with Crippen LogP contribution < -0.4 is 0 Å². The highest BCUT2D eigenvalue weighted by Gasteiger charge is 2.66. The van der Waals surface area contributed by atoms with Crippen LogP contribution in [0, 0.1) is 5.41 Å². The van der Waals surface area contributed by atoms with Crippen molar-refractivity contribution < 1.29 is 19.2 Å². The number of nitrogens with zero attached hydrogens (tertiary/aromatic N) is 1. The van der Waals surface area contributed by atoms with Crippen LogP contribution in [-0.2, 0) is 9.59 Å². The molecule has 0 saturated carbocycles. The first kappa shape index (κ1) is 15.3. The van der Waals surface area contributed by atoms with E-state index in [9.17, 15) is 19.2 Å². The van der Waals surface area contributed by atoms with Crippen LogP contribution in [-0.4, -0.2) is 35.2 Å². The van der Waals surface area contributed by atoms with E-state index in [0.717, 1.165) is 0 Å². The minimum Gasteiger partial charge on any atom is -0.317 e. The molecule has 1 aromatic rings. The van der Waals surface area contributed by atoms with Gasteiger partial charge in [0.2, 0.25) is 5.41 Å². The molecule has 1 heterocycles. The zero-order chi connectivity index (χ0) is 16.9. The Morgan fingerprint density at radius 2 is 1.57 bits per heavy atom. The van der Waals surface area contributed by atoms with Crippen molar-refractivity contribution in [1.82, 2.24) is 4.90 Å². The van der Waals surface area contributed by atoms with Gasteiger partial charge in [-0.1, -0.05) is 38.1 Å². The Kier molecular flexibility index (Phi) is 3.32. The van der Waals surface area contributed by atoms with Gasteiger partial charge in [-0.15, -0.1) is 0 Å². The smallest absolute Gasteiger partial charge is 0.253 e. The van der Waals surface area contributed by atoms with Crippen LogP contribution in [0.4, 0.5) is 0 Å². The van der Waals surface area contributed by atoms with Crippen LogP contribution in [0.1, 0.15) is 47.4 Å². The van der Waals surface area contributed by atoms with Crippen LogP contribution in [0.25, 0.3) is 0 Å². The molecule has 0 atom stereocenters. The molecule has 2 aliphatic rings. The molecular formula is C18H17NO4. The first-order valence-corrected chi connectivity index (χ1v) is 7.66. The molecule has 118 valence electrons. The normalized spacial score (nSPS) is 19.1. The molecule has 0 radical (unpaired) electrons. The number of carbonyl (C=O) groups excluding carboxylic acids is 4. The second-order valence-corrected chi connectivity index (χ2v) is 5.77. The number of allylic oxidation sites excluding steroid dienone is 1. The van der Waals surface area contributed by atoms with Gasteiger partial charge in [-0.25, -0.2) is 0 Å². The molecule has 0 saturated heterocycles. The molecule has 1 amide bonds. The lowest BCUT2D eigenvalue weighted by Crippen LogP contribution is -2.45. The number of ketones is 3. The van der Waals surface area contributed by atoms with Crippen LogP contribution in [0.5, 0.6) is 0 Å². The standard InChI is InChI=1S/C18H17NO4/c1-4-12-14(13(20)5-2)18(17(23)19(12)3)15(21)10-8-6-7-9-11(10)16(18)22/h6-9H,4-5H2,1-3H3. The highest BCUT2D eigenvalue weighted by atomic mass is 16.2. The van der Waals surface area contributed by atoms with Gasteiger partial charge in [-0.05, 0) is 6.42 Å². The van der Waals surface area contributed by atoms with Crippen LogP contribution in [0.3, 0.4) is 0 Å². The zero-order valence-corrected chi connectivity index (χ0v) is 13.3. The molecule has 1 aromatic carbocycles. The topological polar surface area (TPSA) is 71.5 Å². The molecule has 0 unspecified atom stereocenters. The number of hydrogen-bond acceptors (Lipinski definition) is 4. The van der Waals surface area contributed by atoms with Crippen molar-refractivity contribution in [3.63, 3.8) is 0 Å². The van der Waals surface area contributed by atoms with Crippen molar-refractivity contribution in [1.29, 1.82) is 0 Å². The summed E-state index contributed by atoms with van der Waals surface area (Å²) >= 11 is 0. The fraction of sp³-hybridized carbons (Fsp3) is 0.333. The largest absolute Gasteiger partial charge is 0.317 e. The molecule has 0 fully saturated rings. The van der Waals surface area contributed by atoms with Gasteiger partial charge in [0.15, 0.2) is 17.3 Å². The maximum atomic E-state index is 13.0. The Bertz CT molecular complexity index is 768. The average molecular weight is 311 g/mol. The molecule has 1 spiro atoms. The Labute approximate surface area is 134 Å². The predicted molar refractivity (Wildman–Crippen MR) is 82.9 cm³/mol. The summed E-state index contributed by atoms with van der Waals surface area (Å²) in [6, 6.07) is 6.38. The van der Waals surface area contributed by atoms with Gasteiger partial charge in [0.25, 0.3) is 5.91 Å². The number of rotatable bonds is 3. The van der Waals surface area contributed by atoms with Crippen molar-refractivity contribution in [2.24, 2.45) is 5.41 Å². The molecule has 0 bridgehead atoms. The van der Waals surface area contributed by atoms with Crippen molar-refractivity contribution in [3.05, 3.63) is 46.7 Å². The number of hydrogen-bond donors (Lipinski definition) is 0. The third-order valence-corrected chi connectivity index (χ3v) is 4.73. The Balaban J connectivity index is 2.36. The second-order valence-electron chi connectivity index (χ2n) is 5.77. The molecule has 0 aromatic heterocycles. The summed E-state index contributed by atoms with van der Waals surface area (Å²) in [5, 5.41) is 0. The summed E-state index contributed by atoms with van der Waals surface area (Å²) in [5.74, 6) is -2.09. The number of fused-ring (bicyclic) bond motifs is 1. The first-order chi connectivity index (χ1) is 10.9. The first-order valence-electron chi connectivity index (χ1n) is 7.66. The van der Waals surface area contributed by atoms with E-state index in [-0.39, 0.29) is 28.9 Å². The summed E-state index contributed by atoms with van der Waals surface area (Å²) in [6.45, 7) is 3.47. The predicted octanol–water partition coefficient (Wildman–Crippen LogP) is 2.17. The van der Waals surface area contributed by atoms with Crippen molar-refractivity contribution in [2.45, 2.75) is 26.7 Å². The van der Waals surface area contributed by atoms with Crippen LogP contribution in [0.15, 0.2) is 35.5 Å². The van der Waals surface area contributed by atoms with Gasteiger partial charge < -0.3 is 4.90 Å². The van der Waals surface area contributed by atoms with E-state index >= 15 is 0 Å². The van der Waals surface area contributed by atoms with Gasteiger partial charge in [0.05, 0.1) is 0 Å². The lowest BCUT2D eigenvalue weighted by molar-refractivity contribution is -0.131. The van der Waals surface area contributed by atoms with E-state index < -0.39 is 22.9 Å². The third kappa shape index (κ3) is 1.62. The molecule has 5 nitrogen and oxygen atoms in total. The monoisotopic (exact) mass is 311 g/mol. The molecule has 1 aliphatic carbocycles. The molecule has 1 aliphatic heterocycles. The highest BCUT2D eigenvalue weighted by molar-refractivity contribution is 6.44. The van der Waals surface area contributed by atoms with Gasteiger partial charge in [-0.3, -0.25) is 19.2 Å². The van der Waals surface area contributed by atoms with E-state index in [1.807, 2.05) is 0 Å². The highest BCUT2D eigenvalue weighted by Crippen LogP contribution is 2.50. The summed E-state index contributed by atoms with van der Waals surface area (Å²) in [7, 11) is 1.52. The maximum absolute atomic E-state index is 13.0. The van der Waals surface area contributed by atoms with Gasteiger partial charge in [0, 0.05) is 35.9 Å².